The first-order valence-electron chi connectivity index (χ1n) is 7.12. The minimum atomic E-state index is -4.38. The van der Waals surface area contributed by atoms with Crippen LogP contribution in [0.4, 0.5) is 24.0 Å². The number of hydrogen-bond donors (Lipinski definition) is 2. The fraction of sp³-hybridized carbons (Fsp3) is 0.125. The molecule has 3 rings (SSSR count). The summed E-state index contributed by atoms with van der Waals surface area (Å²) in [6, 6.07) is 10.1. The number of nitrogens with one attached hydrogen (secondary N) is 2. The number of halogens is 3. The van der Waals surface area contributed by atoms with Gasteiger partial charge >= 0.3 is 6.18 Å². The van der Waals surface area contributed by atoms with Crippen LogP contribution in [0, 0.1) is 0 Å². The molecule has 0 saturated carbocycles. The van der Waals surface area contributed by atoms with Crippen LogP contribution in [-0.4, -0.2) is 10.9 Å². The highest BCUT2D eigenvalue weighted by Gasteiger charge is 2.33. The molecule has 0 bridgehead atoms. The SMILES string of the molecule is O=C(Nc1ccc(CNc2ncc(C(F)(F)F)s2)cc1)c1ccco1. The summed E-state index contributed by atoms with van der Waals surface area (Å²) in [7, 11) is 0. The number of furan rings is 1. The average molecular weight is 367 g/mol. The Labute approximate surface area is 144 Å². The number of alkyl halides is 3. The number of anilines is 2. The molecule has 2 aromatic heterocycles. The lowest BCUT2D eigenvalue weighted by Crippen LogP contribution is -2.10. The van der Waals surface area contributed by atoms with E-state index in [4.69, 9.17) is 4.42 Å². The highest BCUT2D eigenvalue weighted by molar-refractivity contribution is 7.15. The molecular formula is C16H12F3N3O2S. The van der Waals surface area contributed by atoms with Gasteiger partial charge in [-0.3, -0.25) is 4.79 Å². The van der Waals surface area contributed by atoms with Gasteiger partial charge in [0.1, 0.15) is 4.88 Å². The highest BCUT2D eigenvalue weighted by atomic mass is 32.1. The Morgan fingerprint density at radius 3 is 2.56 bits per heavy atom. The Hall–Kier alpha value is -2.81. The number of nitrogens with zero attached hydrogens (tertiary/aromatic N) is 1. The molecule has 0 aliphatic heterocycles. The van der Waals surface area contributed by atoms with Crippen molar-refractivity contribution in [2.75, 3.05) is 10.6 Å². The zero-order valence-electron chi connectivity index (χ0n) is 12.6. The largest absolute Gasteiger partial charge is 0.459 e. The van der Waals surface area contributed by atoms with Gasteiger partial charge in [0.25, 0.3) is 5.91 Å². The molecule has 130 valence electrons. The molecule has 2 heterocycles. The molecule has 0 unspecified atom stereocenters. The summed E-state index contributed by atoms with van der Waals surface area (Å²) in [5.41, 5.74) is 1.42. The average Bonchev–Trinajstić information content (AvgIpc) is 3.25. The molecule has 5 nitrogen and oxygen atoms in total. The molecule has 2 N–H and O–H groups in total. The van der Waals surface area contributed by atoms with Crippen molar-refractivity contribution < 1.29 is 22.4 Å². The predicted octanol–water partition coefficient (Wildman–Crippen LogP) is 4.62. The number of aromatic nitrogens is 1. The Morgan fingerprint density at radius 2 is 1.96 bits per heavy atom. The lowest BCUT2D eigenvalue weighted by Gasteiger charge is -2.06. The molecular weight excluding hydrogens is 355 g/mol. The van der Waals surface area contributed by atoms with Crippen molar-refractivity contribution in [3.05, 3.63) is 65.1 Å². The van der Waals surface area contributed by atoms with Gasteiger partial charge in [-0.15, -0.1) is 0 Å². The fourth-order valence-corrected chi connectivity index (χ4v) is 2.65. The zero-order valence-corrected chi connectivity index (χ0v) is 13.4. The van der Waals surface area contributed by atoms with Crippen LogP contribution >= 0.6 is 11.3 Å². The van der Waals surface area contributed by atoms with Gasteiger partial charge < -0.3 is 15.1 Å². The minimum absolute atomic E-state index is 0.197. The second-order valence-electron chi connectivity index (χ2n) is 5.01. The van der Waals surface area contributed by atoms with Gasteiger partial charge in [0, 0.05) is 12.2 Å². The van der Waals surface area contributed by atoms with Gasteiger partial charge in [-0.2, -0.15) is 13.2 Å². The van der Waals surface area contributed by atoms with Crippen LogP contribution < -0.4 is 10.6 Å². The van der Waals surface area contributed by atoms with Crippen LogP contribution in [0.3, 0.4) is 0 Å². The summed E-state index contributed by atoms with van der Waals surface area (Å²) in [6.07, 6.45) is -2.17. The number of carbonyl (C=O) groups is 1. The normalized spacial score (nSPS) is 11.3. The van der Waals surface area contributed by atoms with Crippen molar-refractivity contribution in [2.24, 2.45) is 0 Å². The van der Waals surface area contributed by atoms with E-state index in [1.165, 1.54) is 6.26 Å². The number of hydrogen-bond acceptors (Lipinski definition) is 5. The lowest BCUT2D eigenvalue weighted by atomic mass is 10.2. The third kappa shape index (κ3) is 4.38. The van der Waals surface area contributed by atoms with Crippen molar-refractivity contribution in [2.45, 2.75) is 12.7 Å². The highest BCUT2D eigenvalue weighted by Crippen LogP contribution is 2.35. The van der Waals surface area contributed by atoms with E-state index in [2.05, 4.69) is 15.6 Å². The molecule has 1 amide bonds. The van der Waals surface area contributed by atoms with Crippen molar-refractivity contribution in [1.82, 2.24) is 4.98 Å². The second-order valence-corrected chi connectivity index (χ2v) is 6.04. The minimum Gasteiger partial charge on any atom is -0.459 e. The van der Waals surface area contributed by atoms with Crippen molar-refractivity contribution in [3.8, 4) is 0 Å². The number of thiazole rings is 1. The first kappa shape index (κ1) is 17.0. The van der Waals surface area contributed by atoms with Gasteiger partial charge in [-0.05, 0) is 29.8 Å². The quantitative estimate of drug-likeness (QED) is 0.691. The summed E-state index contributed by atoms with van der Waals surface area (Å²) >= 11 is 0.554. The molecule has 0 aliphatic rings. The lowest BCUT2D eigenvalue weighted by molar-refractivity contribution is -0.134. The van der Waals surface area contributed by atoms with Gasteiger partial charge in [-0.1, -0.05) is 23.5 Å². The van der Waals surface area contributed by atoms with Gasteiger partial charge in [-0.25, -0.2) is 4.98 Å². The van der Waals surface area contributed by atoms with Crippen molar-refractivity contribution >= 4 is 28.1 Å². The van der Waals surface area contributed by atoms with Gasteiger partial charge in [0.15, 0.2) is 10.9 Å². The first-order valence-corrected chi connectivity index (χ1v) is 7.94. The van der Waals surface area contributed by atoms with E-state index in [1.807, 2.05) is 0 Å². The molecule has 0 fully saturated rings. The molecule has 0 radical (unpaired) electrons. The van der Waals surface area contributed by atoms with Crippen LogP contribution in [0.15, 0.2) is 53.3 Å². The summed E-state index contributed by atoms with van der Waals surface area (Å²) in [6.45, 7) is 0.317. The number of amides is 1. The maximum absolute atomic E-state index is 12.5. The molecule has 3 aromatic rings. The van der Waals surface area contributed by atoms with E-state index < -0.39 is 11.1 Å². The molecule has 0 aliphatic carbocycles. The monoisotopic (exact) mass is 367 g/mol. The summed E-state index contributed by atoms with van der Waals surface area (Å²) in [5.74, 6) is -0.159. The van der Waals surface area contributed by atoms with Gasteiger partial charge in [0.2, 0.25) is 0 Å². The van der Waals surface area contributed by atoms with Crippen LogP contribution in [-0.2, 0) is 12.7 Å². The predicted molar refractivity (Wildman–Crippen MR) is 87.5 cm³/mol. The third-order valence-corrected chi connectivity index (χ3v) is 4.19. The topological polar surface area (TPSA) is 67.2 Å². The van der Waals surface area contributed by atoms with Crippen molar-refractivity contribution in [3.63, 3.8) is 0 Å². The number of rotatable bonds is 5. The summed E-state index contributed by atoms with van der Waals surface area (Å²) in [4.78, 5) is 14.8. The maximum atomic E-state index is 12.5. The number of carbonyl (C=O) groups excluding carboxylic acids is 1. The van der Waals surface area contributed by atoms with E-state index in [1.54, 1.807) is 36.4 Å². The Bertz CT molecular complexity index is 842. The standard InChI is InChI=1S/C16H12F3N3O2S/c17-16(18,19)13-9-21-15(25-13)20-8-10-3-5-11(6-4-10)22-14(23)12-2-1-7-24-12/h1-7,9H,8H2,(H,20,21)(H,22,23). The fourth-order valence-electron chi connectivity index (χ4n) is 1.97. The van der Waals surface area contributed by atoms with Crippen LogP contribution in [0.5, 0.6) is 0 Å². The van der Waals surface area contributed by atoms with Crippen molar-refractivity contribution in [1.29, 1.82) is 0 Å². The zero-order chi connectivity index (χ0) is 17.9. The van der Waals surface area contributed by atoms with Gasteiger partial charge in [0.05, 0.1) is 12.5 Å². The molecule has 9 heteroatoms. The Balaban J connectivity index is 1.56. The second kappa shape index (κ2) is 6.98. The Kier molecular flexibility index (Phi) is 4.75. The first-order chi connectivity index (χ1) is 11.9. The molecule has 0 atom stereocenters. The molecule has 0 saturated heterocycles. The van der Waals surface area contributed by atoms with E-state index in [9.17, 15) is 18.0 Å². The van der Waals surface area contributed by atoms with Crippen LogP contribution in [0.25, 0.3) is 0 Å². The molecule has 25 heavy (non-hydrogen) atoms. The molecule has 1 aromatic carbocycles. The smallest absolute Gasteiger partial charge is 0.427 e. The van der Waals surface area contributed by atoms with E-state index in [0.29, 0.717) is 23.6 Å². The van der Waals surface area contributed by atoms with E-state index in [-0.39, 0.29) is 16.8 Å². The third-order valence-electron chi connectivity index (χ3n) is 3.19. The summed E-state index contributed by atoms with van der Waals surface area (Å²) in [5, 5.41) is 5.71. The maximum Gasteiger partial charge on any atom is 0.427 e. The van der Waals surface area contributed by atoms with E-state index in [0.717, 1.165) is 11.8 Å². The number of benzene rings is 1. The van der Waals surface area contributed by atoms with Crippen LogP contribution in [0.1, 0.15) is 21.0 Å². The Morgan fingerprint density at radius 1 is 1.20 bits per heavy atom. The van der Waals surface area contributed by atoms with E-state index >= 15 is 0 Å². The van der Waals surface area contributed by atoms with Crippen LogP contribution in [0.2, 0.25) is 0 Å². The summed E-state index contributed by atoms with van der Waals surface area (Å²) < 4.78 is 42.5. The molecule has 0 spiro atoms.